The molecule has 1 aromatic heterocycles. The molecule has 3 N–H and O–H groups in total. The van der Waals surface area contributed by atoms with Gasteiger partial charge in [0, 0.05) is 17.7 Å². The minimum atomic E-state index is -0.407. The highest BCUT2D eigenvalue weighted by Gasteiger charge is 2.04. The number of hydrogen-bond acceptors (Lipinski definition) is 4. The first-order valence-electron chi connectivity index (χ1n) is 5.62. The van der Waals surface area contributed by atoms with Crippen molar-refractivity contribution in [3.05, 3.63) is 41.2 Å². The number of carbonyl (C=O) groups excluding carboxylic acids is 1. The Balaban J connectivity index is 1.95. The van der Waals surface area contributed by atoms with Crippen LogP contribution >= 0.6 is 11.8 Å². The van der Waals surface area contributed by atoms with Crippen LogP contribution in [-0.4, -0.2) is 21.1 Å². The van der Waals surface area contributed by atoms with Crippen molar-refractivity contribution in [1.82, 2.24) is 15.2 Å². The molecule has 2 aromatic rings. The zero-order valence-corrected chi connectivity index (χ0v) is 10.8. The van der Waals surface area contributed by atoms with E-state index in [0.29, 0.717) is 5.56 Å². The van der Waals surface area contributed by atoms with Gasteiger partial charge >= 0.3 is 0 Å². The van der Waals surface area contributed by atoms with E-state index in [1.807, 2.05) is 19.1 Å². The van der Waals surface area contributed by atoms with Gasteiger partial charge < -0.3 is 5.73 Å². The van der Waals surface area contributed by atoms with Crippen molar-refractivity contribution in [1.29, 1.82) is 0 Å². The van der Waals surface area contributed by atoms with Gasteiger partial charge in [0.05, 0.1) is 0 Å². The average molecular weight is 262 g/mol. The first kappa shape index (κ1) is 12.6. The largest absolute Gasteiger partial charge is 0.366 e. The molecule has 0 saturated heterocycles. The fourth-order valence-electron chi connectivity index (χ4n) is 1.41. The second-order valence-electron chi connectivity index (χ2n) is 3.77. The predicted molar refractivity (Wildman–Crippen MR) is 70.3 cm³/mol. The molecule has 0 aliphatic rings. The van der Waals surface area contributed by atoms with Crippen LogP contribution in [0.3, 0.4) is 0 Å². The van der Waals surface area contributed by atoms with E-state index in [9.17, 15) is 4.79 Å². The van der Waals surface area contributed by atoms with Crippen molar-refractivity contribution < 1.29 is 4.79 Å². The van der Waals surface area contributed by atoms with Gasteiger partial charge in [-0.25, -0.2) is 4.98 Å². The third-order valence-electron chi connectivity index (χ3n) is 2.45. The number of nitrogens with zero attached hydrogens (tertiary/aromatic N) is 2. The molecule has 0 fully saturated rings. The van der Waals surface area contributed by atoms with Gasteiger partial charge in [0.1, 0.15) is 5.82 Å². The number of nitrogens with one attached hydrogen (secondary N) is 1. The summed E-state index contributed by atoms with van der Waals surface area (Å²) in [5.74, 6) is 1.25. The summed E-state index contributed by atoms with van der Waals surface area (Å²) >= 11 is 1.55. The van der Waals surface area contributed by atoms with Gasteiger partial charge in [-0.3, -0.25) is 9.89 Å². The number of H-pyrrole nitrogens is 1. The van der Waals surface area contributed by atoms with Crippen molar-refractivity contribution in [2.75, 3.05) is 0 Å². The Hall–Kier alpha value is -1.82. The van der Waals surface area contributed by atoms with Crippen LogP contribution in [0.4, 0.5) is 0 Å². The highest BCUT2D eigenvalue weighted by atomic mass is 32.2. The maximum Gasteiger partial charge on any atom is 0.248 e. The molecule has 94 valence electrons. The maximum absolute atomic E-state index is 10.9. The van der Waals surface area contributed by atoms with Gasteiger partial charge in [0.25, 0.3) is 0 Å². The summed E-state index contributed by atoms with van der Waals surface area (Å²) in [5.41, 5.74) is 6.81. The van der Waals surface area contributed by atoms with Crippen LogP contribution in [0, 0.1) is 0 Å². The number of aromatic nitrogens is 3. The van der Waals surface area contributed by atoms with Gasteiger partial charge in [0.2, 0.25) is 11.1 Å². The number of thioether (sulfide) groups is 1. The molecule has 0 unspecified atom stereocenters. The standard InChI is InChI=1S/C12H14N4OS/c1-2-10-14-12(16-15-10)18-7-8-3-5-9(6-4-8)11(13)17/h3-6H,2,7H2,1H3,(H2,13,17)(H,14,15,16). The Kier molecular flexibility index (Phi) is 3.99. The summed E-state index contributed by atoms with van der Waals surface area (Å²) in [6.07, 6.45) is 0.848. The molecular formula is C12H14N4OS. The number of nitrogens with two attached hydrogens (primary N) is 1. The van der Waals surface area contributed by atoms with Crippen LogP contribution < -0.4 is 5.73 Å². The smallest absolute Gasteiger partial charge is 0.248 e. The minimum absolute atomic E-state index is 0.407. The molecule has 0 saturated carbocycles. The lowest BCUT2D eigenvalue weighted by Gasteiger charge is -2.00. The van der Waals surface area contributed by atoms with E-state index in [0.717, 1.165) is 28.7 Å². The summed E-state index contributed by atoms with van der Waals surface area (Å²) in [5, 5.41) is 7.71. The van der Waals surface area contributed by atoms with E-state index in [-0.39, 0.29) is 0 Å². The normalized spacial score (nSPS) is 10.5. The van der Waals surface area contributed by atoms with Crippen LogP contribution in [0.15, 0.2) is 29.4 Å². The third-order valence-corrected chi connectivity index (χ3v) is 3.37. The van der Waals surface area contributed by atoms with Crippen LogP contribution in [0.2, 0.25) is 0 Å². The fourth-order valence-corrected chi connectivity index (χ4v) is 2.19. The quantitative estimate of drug-likeness (QED) is 0.804. The van der Waals surface area contributed by atoms with E-state index in [4.69, 9.17) is 5.73 Å². The molecule has 0 aliphatic heterocycles. The lowest BCUT2D eigenvalue weighted by atomic mass is 10.1. The zero-order chi connectivity index (χ0) is 13.0. The maximum atomic E-state index is 10.9. The zero-order valence-electron chi connectivity index (χ0n) is 10.0. The number of primary amides is 1. The third kappa shape index (κ3) is 3.10. The summed E-state index contributed by atoms with van der Waals surface area (Å²) in [6, 6.07) is 7.24. The van der Waals surface area contributed by atoms with Crippen LogP contribution in [0.25, 0.3) is 0 Å². The number of carbonyl (C=O) groups is 1. The monoisotopic (exact) mass is 262 g/mol. The van der Waals surface area contributed by atoms with Crippen LogP contribution in [0.5, 0.6) is 0 Å². The van der Waals surface area contributed by atoms with E-state index in [1.54, 1.807) is 23.9 Å². The van der Waals surface area contributed by atoms with E-state index in [2.05, 4.69) is 15.2 Å². The fraction of sp³-hybridized carbons (Fsp3) is 0.250. The Morgan fingerprint density at radius 3 is 2.67 bits per heavy atom. The van der Waals surface area contributed by atoms with Gasteiger partial charge in [0.15, 0.2) is 0 Å². The van der Waals surface area contributed by atoms with Gasteiger partial charge in [-0.05, 0) is 17.7 Å². The van der Waals surface area contributed by atoms with Crippen LogP contribution in [0.1, 0.15) is 28.7 Å². The Bertz CT molecular complexity index is 535. The highest BCUT2D eigenvalue weighted by molar-refractivity contribution is 7.98. The number of hydrogen-bond donors (Lipinski definition) is 2. The van der Waals surface area contributed by atoms with E-state index >= 15 is 0 Å². The van der Waals surface area contributed by atoms with Crippen LogP contribution in [-0.2, 0) is 12.2 Å². The number of benzene rings is 1. The molecule has 2 rings (SSSR count). The molecule has 1 heterocycles. The van der Waals surface area contributed by atoms with Gasteiger partial charge in [-0.15, -0.1) is 5.10 Å². The van der Waals surface area contributed by atoms with Crippen molar-refractivity contribution in [3.8, 4) is 0 Å². The van der Waals surface area contributed by atoms with Crippen molar-refractivity contribution in [3.63, 3.8) is 0 Å². The Labute approximate surface area is 109 Å². The average Bonchev–Trinajstić information content (AvgIpc) is 2.85. The number of aryl methyl sites for hydroxylation is 1. The molecule has 1 aromatic carbocycles. The second kappa shape index (κ2) is 5.68. The molecular weight excluding hydrogens is 248 g/mol. The SMILES string of the molecule is CCc1nc(SCc2ccc(C(N)=O)cc2)n[nH]1. The molecule has 18 heavy (non-hydrogen) atoms. The second-order valence-corrected chi connectivity index (χ2v) is 4.71. The summed E-state index contributed by atoms with van der Waals surface area (Å²) in [6.45, 7) is 2.03. The molecule has 0 aliphatic carbocycles. The lowest BCUT2D eigenvalue weighted by molar-refractivity contribution is 0.100. The molecule has 0 atom stereocenters. The summed E-state index contributed by atoms with van der Waals surface area (Å²) < 4.78 is 0. The molecule has 5 nitrogen and oxygen atoms in total. The Morgan fingerprint density at radius 1 is 1.39 bits per heavy atom. The Morgan fingerprint density at radius 2 is 2.11 bits per heavy atom. The molecule has 0 radical (unpaired) electrons. The number of aromatic amines is 1. The van der Waals surface area contributed by atoms with Gasteiger partial charge in [-0.1, -0.05) is 30.8 Å². The lowest BCUT2D eigenvalue weighted by Crippen LogP contribution is -2.10. The molecule has 6 heteroatoms. The van der Waals surface area contributed by atoms with Gasteiger partial charge in [-0.2, -0.15) is 0 Å². The first-order valence-corrected chi connectivity index (χ1v) is 6.60. The van der Waals surface area contributed by atoms with E-state index < -0.39 is 5.91 Å². The van der Waals surface area contributed by atoms with Crippen molar-refractivity contribution >= 4 is 17.7 Å². The highest BCUT2D eigenvalue weighted by Crippen LogP contribution is 2.19. The summed E-state index contributed by atoms with van der Waals surface area (Å²) in [4.78, 5) is 15.2. The molecule has 0 bridgehead atoms. The topological polar surface area (TPSA) is 84.7 Å². The van der Waals surface area contributed by atoms with E-state index in [1.165, 1.54) is 0 Å². The van der Waals surface area contributed by atoms with Crippen molar-refractivity contribution in [2.24, 2.45) is 5.73 Å². The molecule has 1 amide bonds. The number of rotatable bonds is 5. The predicted octanol–water partition coefficient (Wildman–Crippen LogP) is 1.76. The number of amides is 1. The first-order chi connectivity index (χ1) is 8.69. The molecule has 0 spiro atoms. The van der Waals surface area contributed by atoms with Crippen molar-refractivity contribution in [2.45, 2.75) is 24.3 Å². The summed E-state index contributed by atoms with van der Waals surface area (Å²) in [7, 11) is 0. The minimum Gasteiger partial charge on any atom is -0.366 e.